The molecule has 0 atom stereocenters. The van der Waals surface area contributed by atoms with Gasteiger partial charge in [-0.05, 0) is 20.3 Å². The second-order valence-electron chi connectivity index (χ2n) is 3.31. The van der Waals surface area contributed by atoms with E-state index in [1.165, 1.54) is 0 Å². The molecule has 78 valence electrons. The number of carbonyl (C=O) groups excluding carboxylic acids is 1. The van der Waals surface area contributed by atoms with Crippen LogP contribution in [0, 0.1) is 0 Å². The van der Waals surface area contributed by atoms with E-state index >= 15 is 0 Å². The number of rotatable bonds is 5. The lowest BCUT2D eigenvalue weighted by Crippen LogP contribution is -2.44. The van der Waals surface area contributed by atoms with E-state index in [9.17, 15) is 4.79 Å². The Balaban J connectivity index is 3.95. The summed E-state index contributed by atoms with van der Waals surface area (Å²) in [6.45, 7) is 6.96. The zero-order valence-electron chi connectivity index (χ0n) is 8.71. The molecule has 0 saturated carbocycles. The summed E-state index contributed by atoms with van der Waals surface area (Å²) in [7, 11) is 0. The molecule has 0 saturated heterocycles. The normalized spacial score (nSPS) is 10.2. The largest absolute Gasteiger partial charge is 0.395 e. The highest BCUT2D eigenvalue weighted by Gasteiger charge is 2.11. The lowest BCUT2D eigenvalue weighted by molar-refractivity contribution is 0.175. The first-order valence-corrected chi connectivity index (χ1v) is 4.78. The third-order valence-electron chi connectivity index (χ3n) is 1.56. The van der Waals surface area contributed by atoms with Gasteiger partial charge in [-0.1, -0.05) is 6.92 Å². The Bertz CT molecular complexity index is 143. The van der Waals surface area contributed by atoms with Gasteiger partial charge in [-0.3, -0.25) is 0 Å². The fourth-order valence-electron chi connectivity index (χ4n) is 1.04. The van der Waals surface area contributed by atoms with Crippen LogP contribution in [0.4, 0.5) is 4.79 Å². The Labute approximate surface area is 79.9 Å². The van der Waals surface area contributed by atoms with Crippen LogP contribution in [0.3, 0.4) is 0 Å². The van der Waals surface area contributed by atoms with Gasteiger partial charge in [0.25, 0.3) is 0 Å². The number of aliphatic hydroxyl groups is 1. The number of carbonyl (C=O) groups is 1. The Hall–Kier alpha value is -0.770. The van der Waals surface area contributed by atoms with Crippen molar-refractivity contribution in [3.8, 4) is 0 Å². The first-order valence-electron chi connectivity index (χ1n) is 4.78. The predicted octanol–water partition coefficient (Wildman–Crippen LogP) is 0.809. The van der Waals surface area contributed by atoms with Crippen molar-refractivity contribution in [3.63, 3.8) is 0 Å². The Kier molecular flexibility index (Phi) is 6.32. The maximum atomic E-state index is 11.4. The zero-order chi connectivity index (χ0) is 10.3. The van der Waals surface area contributed by atoms with Crippen LogP contribution < -0.4 is 5.32 Å². The van der Waals surface area contributed by atoms with Crippen molar-refractivity contribution in [2.75, 3.05) is 19.7 Å². The number of amides is 2. The van der Waals surface area contributed by atoms with Gasteiger partial charge >= 0.3 is 6.03 Å². The van der Waals surface area contributed by atoms with Crippen LogP contribution in [-0.4, -0.2) is 41.8 Å². The maximum absolute atomic E-state index is 11.4. The molecule has 4 nitrogen and oxygen atoms in total. The summed E-state index contributed by atoms with van der Waals surface area (Å²) < 4.78 is 0. The summed E-state index contributed by atoms with van der Waals surface area (Å²) in [6, 6.07) is 0.0523. The second-order valence-corrected chi connectivity index (χ2v) is 3.31. The molecule has 0 aromatic rings. The third kappa shape index (κ3) is 5.47. The number of urea groups is 1. The summed E-state index contributed by atoms with van der Waals surface area (Å²) in [5.41, 5.74) is 0. The Morgan fingerprint density at radius 3 is 2.46 bits per heavy atom. The minimum Gasteiger partial charge on any atom is -0.395 e. The molecule has 0 aromatic carbocycles. The van der Waals surface area contributed by atoms with E-state index in [0.29, 0.717) is 13.1 Å². The molecule has 2 N–H and O–H groups in total. The van der Waals surface area contributed by atoms with E-state index in [1.54, 1.807) is 4.90 Å². The van der Waals surface area contributed by atoms with Crippen LogP contribution in [0.1, 0.15) is 27.2 Å². The number of aliphatic hydroxyl groups excluding tert-OH is 1. The van der Waals surface area contributed by atoms with Crippen LogP contribution in [0.25, 0.3) is 0 Å². The van der Waals surface area contributed by atoms with Crippen LogP contribution >= 0.6 is 0 Å². The van der Waals surface area contributed by atoms with Gasteiger partial charge in [0.1, 0.15) is 0 Å². The molecule has 0 radical (unpaired) electrons. The summed E-state index contributed by atoms with van der Waals surface area (Å²) in [6.07, 6.45) is 0.908. The molecule has 13 heavy (non-hydrogen) atoms. The average Bonchev–Trinajstić information content (AvgIpc) is 2.02. The van der Waals surface area contributed by atoms with Crippen molar-refractivity contribution in [2.45, 2.75) is 33.2 Å². The van der Waals surface area contributed by atoms with Gasteiger partial charge in [0.05, 0.1) is 6.61 Å². The molecule has 0 aliphatic rings. The molecule has 0 fully saturated rings. The minimum atomic E-state index is -0.0918. The van der Waals surface area contributed by atoms with Crippen LogP contribution in [0.15, 0.2) is 0 Å². The van der Waals surface area contributed by atoms with Crippen molar-refractivity contribution in [2.24, 2.45) is 0 Å². The standard InChI is InChI=1S/C9H20N2O2/c1-4-5-11(6-7-12)9(13)10-8(2)3/h8,12H,4-7H2,1-3H3,(H,10,13). The van der Waals surface area contributed by atoms with Gasteiger partial charge in [-0.2, -0.15) is 0 Å². The zero-order valence-corrected chi connectivity index (χ0v) is 8.71. The van der Waals surface area contributed by atoms with Crippen LogP contribution in [0.5, 0.6) is 0 Å². The average molecular weight is 188 g/mol. The highest BCUT2D eigenvalue weighted by molar-refractivity contribution is 5.74. The summed E-state index contributed by atoms with van der Waals surface area (Å²) in [5, 5.41) is 11.5. The van der Waals surface area contributed by atoms with E-state index in [4.69, 9.17) is 5.11 Å². The van der Waals surface area contributed by atoms with E-state index in [0.717, 1.165) is 6.42 Å². The van der Waals surface area contributed by atoms with Gasteiger partial charge in [-0.15, -0.1) is 0 Å². The molecular formula is C9H20N2O2. The van der Waals surface area contributed by atoms with E-state index in [2.05, 4.69) is 5.32 Å². The van der Waals surface area contributed by atoms with E-state index in [1.807, 2.05) is 20.8 Å². The van der Waals surface area contributed by atoms with Gasteiger partial charge in [0.2, 0.25) is 0 Å². The molecular weight excluding hydrogens is 168 g/mol. The quantitative estimate of drug-likeness (QED) is 0.670. The van der Waals surface area contributed by atoms with Gasteiger partial charge in [0, 0.05) is 19.1 Å². The molecule has 0 bridgehead atoms. The second kappa shape index (κ2) is 6.71. The van der Waals surface area contributed by atoms with E-state index < -0.39 is 0 Å². The van der Waals surface area contributed by atoms with Crippen molar-refractivity contribution in [3.05, 3.63) is 0 Å². The number of nitrogens with zero attached hydrogens (tertiary/aromatic N) is 1. The van der Waals surface area contributed by atoms with Gasteiger partial charge in [0.15, 0.2) is 0 Å². The fourth-order valence-corrected chi connectivity index (χ4v) is 1.04. The molecule has 0 aliphatic heterocycles. The fraction of sp³-hybridized carbons (Fsp3) is 0.889. The highest BCUT2D eigenvalue weighted by atomic mass is 16.3. The topological polar surface area (TPSA) is 52.6 Å². The third-order valence-corrected chi connectivity index (χ3v) is 1.56. The molecule has 0 spiro atoms. The van der Waals surface area contributed by atoms with Crippen LogP contribution in [-0.2, 0) is 0 Å². The lowest BCUT2D eigenvalue weighted by Gasteiger charge is -2.22. The monoisotopic (exact) mass is 188 g/mol. The molecule has 2 amide bonds. The predicted molar refractivity (Wildman–Crippen MR) is 52.6 cm³/mol. The minimum absolute atomic E-state index is 0.0194. The number of nitrogens with one attached hydrogen (secondary N) is 1. The smallest absolute Gasteiger partial charge is 0.317 e. The van der Waals surface area contributed by atoms with Crippen LogP contribution in [0.2, 0.25) is 0 Å². The summed E-state index contributed by atoms with van der Waals surface area (Å²) in [5.74, 6) is 0. The van der Waals surface area contributed by atoms with Gasteiger partial charge in [-0.25, -0.2) is 4.79 Å². The number of hydrogen-bond acceptors (Lipinski definition) is 2. The lowest BCUT2D eigenvalue weighted by atomic mass is 10.4. The van der Waals surface area contributed by atoms with Crippen molar-refractivity contribution in [1.82, 2.24) is 10.2 Å². The maximum Gasteiger partial charge on any atom is 0.317 e. The Morgan fingerprint density at radius 1 is 1.46 bits per heavy atom. The van der Waals surface area contributed by atoms with Crippen molar-refractivity contribution in [1.29, 1.82) is 0 Å². The molecule has 0 unspecified atom stereocenters. The summed E-state index contributed by atoms with van der Waals surface area (Å²) in [4.78, 5) is 13.1. The van der Waals surface area contributed by atoms with Crippen molar-refractivity contribution < 1.29 is 9.90 Å². The molecule has 0 heterocycles. The first kappa shape index (κ1) is 12.2. The SMILES string of the molecule is CCCN(CCO)C(=O)NC(C)C. The summed E-state index contributed by atoms with van der Waals surface area (Å²) >= 11 is 0. The highest BCUT2D eigenvalue weighted by Crippen LogP contribution is 1.93. The molecule has 0 aromatic heterocycles. The Morgan fingerprint density at radius 2 is 2.08 bits per heavy atom. The van der Waals surface area contributed by atoms with Gasteiger partial charge < -0.3 is 15.3 Å². The molecule has 0 aliphatic carbocycles. The molecule has 4 heteroatoms. The number of hydrogen-bond donors (Lipinski definition) is 2. The first-order chi connectivity index (χ1) is 6.11. The molecule has 0 rings (SSSR count). The van der Waals surface area contributed by atoms with Crippen molar-refractivity contribution >= 4 is 6.03 Å². The van der Waals surface area contributed by atoms with E-state index in [-0.39, 0.29) is 18.7 Å².